The first-order valence-electron chi connectivity index (χ1n) is 22.6. The molecule has 4 heterocycles. The average Bonchev–Trinajstić information content (AvgIpc) is 4.03. The Hall–Kier alpha value is -3.84. The molecule has 2 aromatic heterocycles. The molecule has 2 saturated carbocycles. The van der Waals surface area contributed by atoms with E-state index < -0.39 is 11.6 Å². The van der Waals surface area contributed by atoms with Gasteiger partial charge in [0.05, 0.1) is 25.7 Å². The second-order valence-corrected chi connectivity index (χ2v) is 18.3. The number of carbonyl (C=O) groups is 4. The van der Waals surface area contributed by atoms with Crippen molar-refractivity contribution < 1.29 is 38.1 Å². The van der Waals surface area contributed by atoms with Crippen LogP contribution in [0.25, 0.3) is 0 Å². The number of hydrogen-bond donors (Lipinski definition) is 1. The zero-order valence-corrected chi connectivity index (χ0v) is 35.6. The highest BCUT2D eigenvalue weighted by atomic mass is 16.6. The summed E-state index contributed by atoms with van der Waals surface area (Å²) in [7, 11) is 0. The Morgan fingerprint density at radius 3 is 1.47 bits per heavy atom. The lowest BCUT2D eigenvalue weighted by atomic mass is 9.84. The zero-order chi connectivity index (χ0) is 41.3. The van der Waals surface area contributed by atoms with E-state index in [1.54, 1.807) is 0 Å². The van der Waals surface area contributed by atoms with Crippen molar-refractivity contribution >= 4 is 23.8 Å². The Balaban J connectivity index is 0.000000223. The second kappa shape index (κ2) is 23.1. The fraction of sp³-hybridized carbons (Fsp3) is 0.818. The fourth-order valence-corrected chi connectivity index (χ4v) is 9.12. The summed E-state index contributed by atoms with van der Waals surface area (Å²) in [5.41, 5.74) is -0.522. The third-order valence-electron chi connectivity index (χ3n) is 12.2. The van der Waals surface area contributed by atoms with Crippen LogP contribution in [-0.4, -0.2) is 90.7 Å². The molecule has 0 bridgehead atoms. The highest BCUT2D eigenvalue weighted by Crippen LogP contribution is 2.33. The largest absolute Gasteiger partial charge is 0.481 e. The minimum Gasteiger partial charge on any atom is -0.481 e. The molecule has 324 valence electrons. The van der Waals surface area contributed by atoms with E-state index in [1.165, 1.54) is 70.6 Å². The molecular weight excluding hydrogens is 741 g/mol. The van der Waals surface area contributed by atoms with Gasteiger partial charge in [0, 0.05) is 38.0 Å². The standard InChI is InChI=1S/C24H39N3O4.C20H31N3O4/c1-24(2,3)30-22(29)16-19(13-9-12-18-10-5-4-6-11-18)23-25-20(26-31-23)17-21(28)27-14-7-8-15-27;24-18(23-11-4-5-12-23)14-17-21-20(27-22-17)16(13-19(25)26)10-6-9-15-7-2-1-3-8-15/h18-19H,4-17H2,1-3H3;15-16H,1-14H2,(H,25,26)/t19-;16-/m11/s1. The summed E-state index contributed by atoms with van der Waals surface area (Å²) in [4.78, 5) is 60.9. The minimum absolute atomic E-state index is 0.00757. The molecule has 0 aromatic carbocycles. The van der Waals surface area contributed by atoms with Crippen LogP contribution in [0.15, 0.2) is 9.05 Å². The maximum Gasteiger partial charge on any atom is 0.307 e. The van der Waals surface area contributed by atoms with Gasteiger partial charge >= 0.3 is 11.9 Å². The Morgan fingerprint density at radius 1 is 0.655 bits per heavy atom. The van der Waals surface area contributed by atoms with E-state index in [2.05, 4.69) is 20.3 Å². The van der Waals surface area contributed by atoms with Crippen molar-refractivity contribution in [2.75, 3.05) is 26.2 Å². The Labute approximate surface area is 345 Å². The average molecular weight is 811 g/mol. The number of esters is 1. The highest BCUT2D eigenvalue weighted by molar-refractivity contribution is 5.78. The van der Waals surface area contributed by atoms with Crippen molar-refractivity contribution in [3.05, 3.63) is 23.4 Å². The number of aromatic nitrogens is 4. The summed E-state index contributed by atoms with van der Waals surface area (Å²) in [6, 6.07) is 0. The van der Waals surface area contributed by atoms with E-state index in [-0.39, 0.29) is 55.3 Å². The summed E-state index contributed by atoms with van der Waals surface area (Å²) in [5, 5.41) is 17.2. The van der Waals surface area contributed by atoms with E-state index in [1.807, 2.05) is 30.6 Å². The van der Waals surface area contributed by atoms with Crippen LogP contribution in [0.1, 0.15) is 197 Å². The number of hydrogen-bond acceptors (Lipinski definition) is 11. The first kappa shape index (κ1) is 45.2. The van der Waals surface area contributed by atoms with Gasteiger partial charge in [-0.2, -0.15) is 9.97 Å². The van der Waals surface area contributed by atoms with Crippen LogP contribution in [-0.2, 0) is 36.8 Å². The molecule has 2 amide bonds. The number of carboxylic acids is 1. The van der Waals surface area contributed by atoms with Crippen LogP contribution in [0, 0.1) is 11.8 Å². The first-order chi connectivity index (χ1) is 27.9. The van der Waals surface area contributed by atoms with Gasteiger partial charge in [0.2, 0.25) is 23.6 Å². The van der Waals surface area contributed by atoms with Crippen molar-refractivity contribution in [2.45, 2.75) is 192 Å². The van der Waals surface area contributed by atoms with E-state index in [9.17, 15) is 24.3 Å². The van der Waals surface area contributed by atoms with Crippen molar-refractivity contribution in [1.82, 2.24) is 30.1 Å². The lowest BCUT2D eigenvalue weighted by Gasteiger charge is -2.23. The molecule has 2 aliphatic carbocycles. The Kier molecular flexibility index (Phi) is 18.0. The van der Waals surface area contributed by atoms with Crippen LogP contribution in [0.3, 0.4) is 0 Å². The van der Waals surface area contributed by atoms with Gasteiger partial charge in [-0.15, -0.1) is 0 Å². The Morgan fingerprint density at radius 2 is 1.07 bits per heavy atom. The summed E-state index contributed by atoms with van der Waals surface area (Å²) >= 11 is 0. The van der Waals surface area contributed by atoms with Gasteiger partial charge in [-0.3, -0.25) is 19.2 Å². The maximum absolute atomic E-state index is 12.5. The lowest BCUT2D eigenvalue weighted by Crippen LogP contribution is -2.29. The SMILES string of the molecule is CC(C)(C)OC(=O)C[C@@H](CCCC1CCCCC1)c1nc(CC(=O)N2CCCC2)no1.O=C(O)C[C@@H](CCCC1CCCCC1)c1nc(CC(=O)N2CCCC2)no1. The molecule has 4 aliphatic rings. The summed E-state index contributed by atoms with van der Waals surface area (Å²) in [5.74, 6) is 1.71. The predicted molar refractivity (Wildman–Crippen MR) is 217 cm³/mol. The van der Waals surface area contributed by atoms with Crippen LogP contribution in [0.5, 0.6) is 0 Å². The molecule has 0 spiro atoms. The van der Waals surface area contributed by atoms with E-state index in [4.69, 9.17) is 13.8 Å². The number of ether oxygens (including phenoxy) is 1. The smallest absolute Gasteiger partial charge is 0.307 e. The van der Waals surface area contributed by atoms with Crippen LogP contribution in [0.4, 0.5) is 0 Å². The molecule has 2 atom stereocenters. The molecule has 1 N–H and O–H groups in total. The number of carboxylic acid groups (broad SMARTS) is 1. The molecule has 2 aromatic rings. The molecule has 14 nitrogen and oxygen atoms in total. The minimum atomic E-state index is -0.856. The van der Waals surface area contributed by atoms with Gasteiger partial charge in [-0.25, -0.2) is 0 Å². The fourth-order valence-electron chi connectivity index (χ4n) is 9.12. The molecule has 14 heteroatoms. The summed E-state index contributed by atoms with van der Waals surface area (Å²) in [6.45, 7) is 8.84. The lowest BCUT2D eigenvalue weighted by molar-refractivity contribution is -0.155. The molecule has 58 heavy (non-hydrogen) atoms. The van der Waals surface area contributed by atoms with Crippen LogP contribution in [0.2, 0.25) is 0 Å². The predicted octanol–water partition coefficient (Wildman–Crippen LogP) is 8.34. The number of amides is 2. The van der Waals surface area contributed by atoms with Gasteiger partial charge in [0.1, 0.15) is 5.60 Å². The second-order valence-electron chi connectivity index (χ2n) is 18.3. The number of aliphatic carboxylic acids is 1. The number of carbonyl (C=O) groups excluding carboxylic acids is 3. The quantitative estimate of drug-likeness (QED) is 0.142. The number of nitrogens with zero attached hydrogens (tertiary/aromatic N) is 6. The summed E-state index contributed by atoms with van der Waals surface area (Å²) < 4.78 is 16.4. The monoisotopic (exact) mass is 811 g/mol. The first-order valence-corrected chi connectivity index (χ1v) is 22.6. The molecule has 2 saturated heterocycles. The summed E-state index contributed by atoms with van der Waals surface area (Å²) in [6.07, 6.45) is 23.9. The molecule has 2 aliphatic heterocycles. The highest BCUT2D eigenvalue weighted by Gasteiger charge is 2.29. The van der Waals surface area contributed by atoms with Crippen molar-refractivity contribution in [3.8, 4) is 0 Å². The van der Waals surface area contributed by atoms with Gasteiger partial charge in [0.15, 0.2) is 11.6 Å². The van der Waals surface area contributed by atoms with Gasteiger partial charge in [-0.05, 0) is 71.1 Å². The number of rotatable bonds is 18. The molecule has 0 radical (unpaired) electrons. The topological polar surface area (TPSA) is 182 Å². The molecule has 0 unspecified atom stereocenters. The third-order valence-corrected chi connectivity index (χ3v) is 12.2. The van der Waals surface area contributed by atoms with Crippen molar-refractivity contribution in [2.24, 2.45) is 11.8 Å². The molecular formula is C44H70N6O8. The zero-order valence-electron chi connectivity index (χ0n) is 35.6. The maximum atomic E-state index is 12.5. The van der Waals surface area contributed by atoms with E-state index in [0.29, 0.717) is 23.4 Å². The Bertz CT molecular complexity index is 1560. The van der Waals surface area contributed by atoms with Gasteiger partial charge in [-0.1, -0.05) is 100 Å². The van der Waals surface area contributed by atoms with Gasteiger partial charge < -0.3 is 28.7 Å². The van der Waals surface area contributed by atoms with E-state index >= 15 is 0 Å². The van der Waals surface area contributed by atoms with E-state index in [0.717, 1.165) is 95.8 Å². The normalized spacial score (nSPS) is 19.1. The van der Waals surface area contributed by atoms with Crippen LogP contribution >= 0.6 is 0 Å². The molecule has 4 fully saturated rings. The third kappa shape index (κ3) is 15.7. The van der Waals surface area contributed by atoms with Crippen LogP contribution < -0.4 is 0 Å². The van der Waals surface area contributed by atoms with Crippen molar-refractivity contribution in [3.63, 3.8) is 0 Å². The van der Waals surface area contributed by atoms with Gasteiger partial charge in [0.25, 0.3) is 0 Å². The number of likely N-dealkylation sites (tertiary alicyclic amines) is 2. The van der Waals surface area contributed by atoms with Crippen molar-refractivity contribution in [1.29, 1.82) is 0 Å². The molecule has 6 rings (SSSR count).